The third-order valence-corrected chi connectivity index (χ3v) is 7.19. The molecule has 0 aromatic heterocycles. The third-order valence-electron chi connectivity index (χ3n) is 5.94. The first kappa shape index (κ1) is 29.3. The quantitative estimate of drug-likeness (QED) is 0.480. The molecule has 9 nitrogen and oxygen atoms in total. The van der Waals surface area contributed by atoms with E-state index in [4.69, 9.17) is 42.8 Å². The monoisotopic (exact) mass is 616 g/mol. The number of hydrogen-bond acceptors (Lipinski definition) is 7. The number of ether oxygens (including phenoxy) is 3. The molecule has 37 heavy (non-hydrogen) atoms. The van der Waals surface area contributed by atoms with Gasteiger partial charge in [-0.05, 0) is 31.8 Å². The average Bonchev–Trinajstić information content (AvgIpc) is 2.84. The van der Waals surface area contributed by atoms with E-state index in [1.54, 1.807) is 22.0 Å². The summed E-state index contributed by atoms with van der Waals surface area (Å²) in [5.41, 5.74) is 0.440. The molecule has 1 aromatic carbocycles. The molecule has 0 bridgehead atoms. The number of halogens is 3. The lowest BCUT2D eigenvalue weighted by Crippen LogP contribution is -2.52. The smallest absolute Gasteiger partial charge is 0.410 e. The lowest BCUT2D eigenvalue weighted by molar-refractivity contribution is -0.121. The molecule has 0 spiro atoms. The van der Waals surface area contributed by atoms with Crippen LogP contribution in [0.3, 0.4) is 0 Å². The Hall–Kier alpha value is -2.27. The van der Waals surface area contributed by atoms with E-state index in [9.17, 15) is 9.59 Å². The van der Waals surface area contributed by atoms with E-state index in [0.717, 1.165) is 0 Å². The van der Waals surface area contributed by atoms with Crippen molar-refractivity contribution in [1.82, 2.24) is 14.7 Å². The van der Waals surface area contributed by atoms with Crippen LogP contribution in [0.2, 0.25) is 10.0 Å². The molecule has 1 N–H and O–H groups in total. The second-order valence-corrected chi connectivity index (χ2v) is 10.7. The van der Waals surface area contributed by atoms with Crippen molar-refractivity contribution in [2.75, 3.05) is 53.5 Å². The van der Waals surface area contributed by atoms with Gasteiger partial charge in [0.2, 0.25) is 0 Å². The van der Waals surface area contributed by atoms with Crippen LogP contribution in [0.15, 0.2) is 22.7 Å². The van der Waals surface area contributed by atoms with E-state index < -0.39 is 11.5 Å². The van der Waals surface area contributed by atoms with Gasteiger partial charge in [0, 0.05) is 56.5 Å². The molecule has 3 rings (SSSR count). The molecule has 2 heterocycles. The average molecular weight is 618 g/mol. The molecule has 2 amide bonds. The first-order valence-corrected chi connectivity index (χ1v) is 13.3. The highest BCUT2D eigenvalue weighted by Crippen LogP contribution is 2.45. The zero-order valence-electron chi connectivity index (χ0n) is 21.5. The fraction of sp³-hybridized carbons (Fsp3) is 0.480. The largest absolute Gasteiger partial charge is 0.495 e. The summed E-state index contributed by atoms with van der Waals surface area (Å²) in [5, 5.41) is 8.95. The summed E-state index contributed by atoms with van der Waals surface area (Å²) in [4.78, 5) is 32.8. The van der Waals surface area contributed by atoms with E-state index in [0.29, 0.717) is 49.8 Å². The number of nitrogens with one attached hydrogen (secondary N) is 1. The molecule has 1 saturated heterocycles. The van der Waals surface area contributed by atoms with Gasteiger partial charge in [-0.3, -0.25) is 20.0 Å². The summed E-state index contributed by atoms with van der Waals surface area (Å²) in [6, 6.07) is 1.56. The van der Waals surface area contributed by atoms with E-state index in [-0.39, 0.29) is 39.7 Å². The van der Waals surface area contributed by atoms with Gasteiger partial charge in [-0.15, -0.1) is 0 Å². The van der Waals surface area contributed by atoms with Gasteiger partial charge in [0.05, 0.1) is 29.8 Å². The predicted molar refractivity (Wildman–Crippen MR) is 148 cm³/mol. The number of carbonyl (C=O) groups excluding carboxylic acids is 2. The fourth-order valence-electron chi connectivity index (χ4n) is 4.01. The molecule has 2 aliphatic heterocycles. The van der Waals surface area contributed by atoms with Crippen LogP contribution in [0.1, 0.15) is 26.3 Å². The van der Waals surface area contributed by atoms with E-state index in [2.05, 4.69) is 20.8 Å². The SMILES string of the molecule is COc1cc(OC)c(Cl)c(C2=C/C(=C/Br)C(=N)N(CCN3CCN(C(=O)OC(C)(C)C)CC3)C2=O)c1Cl. The minimum absolute atomic E-state index is 0.0557. The molecular weight excluding hydrogens is 587 g/mol. The fourth-order valence-corrected chi connectivity index (χ4v) is 5.06. The van der Waals surface area contributed by atoms with Gasteiger partial charge in [0.1, 0.15) is 22.9 Å². The van der Waals surface area contributed by atoms with Crippen LogP contribution in [0, 0.1) is 5.41 Å². The zero-order valence-corrected chi connectivity index (χ0v) is 24.6. The van der Waals surface area contributed by atoms with E-state index in [1.165, 1.54) is 19.1 Å². The maximum absolute atomic E-state index is 13.6. The van der Waals surface area contributed by atoms with Crippen LogP contribution in [-0.2, 0) is 9.53 Å². The van der Waals surface area contributed by atoms with Gasteiger partial charge in [-0.1, -0.05) is 39.1 Å². The molecule has 0 radical (unpaired) electrons. The highest BCUT2D eigenvalue weighted by Gasteiger charge is 2.34. The molecule has 12 heteroatoms. The Balaban J connectivity index is 1.78. The Labute approximate surface area is 235 Å². The predicted octanol–water partition coefficient (Wildman–Crippen LogP) is 5.04. The van der Waals surface area contributed by atoms with Crippen LogP contribution in [0.4, 0.5) is 4.79 Å². The zero-order chi connectivity index (χ0) is 27.5. The normalized spacial score (nSPS) is 18.3. The Kier molecular flexibility index (Phi) is 9.55. The molecule has 1 fully saturated rings. The van der Waals surface area contributed by atoms with Crippen LogP contribution < -0.4 is 9.47 Å². The topological polar surface area (TPSA) is 95.4 Å². The lowest BCUT2D eigenvalue weighted by Gasteiger charge is -2.37. The Morgan fingerprint density at radius 3 is 2.14 bits per heavy atom. The van der Waals surface area contributed by atoms with Crippen LogP contribution >= 0.6 is 39.1 Å². The van der Waals surface area contributed by atoms with Gasteiger partial charge in [0.25, 0.3) is 5.91 Å². The number of piperazine rings is 1. The highest BCUT2D eigenvalue weighted by molar-refractivity contribution is 9.11. The number of methoxy groups -OCH3 is 2. The van der Waals surface area contributed by atoms with Crippen molar-refractivity contribution in [1.29, 1.82) is 5.41 Å². The molecule has 1 aromatic rings. The van der Waals surface area contributed by atoms with Crippen molar-refractivity contribution < 1.29 is 23.8 Å². The number of amides is 2. The Morgan fingerprint density at radius 2 is 1.65 bits per heavy atom. The number of amidine groups is 1. The van der Waals surface area contributed by atoms with Crippen molar-refractivity contribution in [2.45, 2.75) is 26.4 Å². The minimum atomic E-state index is -0.548. The number of carbonyl (C=O) groups is 2. The summed E-state index contributed by atoms with van der Waals surface area (Å²) in [5.74, 6) is 0.270. The summed E-state index contributed by atoms with van der Waals surface area (Å²) in [7, 11) is 2.92. The van der Waals surface area contributed by atoms with Crippen molar-refractivity contribution in [3.05, 3.63) is 38.3 Å². The van der Waals surface area contributed by atoms with Crippen LogP contribution in [0.25, 0.3) is 5.57 Å². The van der Waals surface area contributed by atoms with Crippen molar-refractivity contribution in [3.8, 4) is 11.5 Å². The van der Waals surface area contributed by atoms with Gasteiger partial charge in [0.15, 0.2) is 0 Å². The highest BCUT2D eigenvalue weighted by atomic mass is 79.9. The molecular formula is C25H31BrCl2N4O5. The summed E-state index contributed by atoms with van der Waals surface area (Å²) in [6.07, 6.45) is 1.24. The Morgan fingerprint density at radius 1 is 1.08 bits per heavy atom. The molecule has 0 unspecified atom stereocenters. The van der Waals surface area contributed by atoms with Crippen LogP contribution in [-0.4, -0.2) is 91.6 Å². The first-order valence-electron chi connectivity index (χ1n) is 11.6. The van der Waals surface area contributed by atoms with Crippen molar-refractivity contribution >= 4 is 62.5 Å². The van der Waals surface area contributed by atoms with Gasteiger partial charge in [-0.25, -0.2) is 4.79 Å². The molecule has 0 atom stereocenters. The maximum atomic E-state index is 13.6. The molecule has 0 aliphatic carbocycles. The Bertz CT molecular complexity index is 1110. The lowest BCUT2D eigenvalue weighted by atomic mass is 9.96. The van der Waals surface area contributed by atoms with Crippen molar-refractivity contribution in [3.63, 3.8) is 0 Å². The van der Waals surface area contributed by atoms with E-state index >= 15 is 0 Å². The third kappa shape index (κ3) is 6.60. The molecule has 0 saturated carbocycles. The summed E-state index contributed by atoms with van der Waals surface area (Å²) < 4.78 is 16.2. The summed E-state index contributed by atoms with van der Waals surface area (Å²) >= 11 is 16.5. The van der Waals surface area contributed by atoms with Crippen LogP contribution in [0.5, 0.6) is 11.5 Å². The number of nitrogens with zero attached hydrogens (tertiary/aromatic N) is 3. The maximum Gasteiger partial charge on any atom is 0.410 e. The standard InChI is InChI=1S/C25H31BrCl2N4O5/c1-25(2,3)37-24(34)31-9-6-30(7-10-31)8-11-32-22(29)15(14-26)12-16(23(32)33)19-20(27)17(35-4)13-18(36-5)21(19)28/h12-14,29H,6-11H2,1-5H3/b15-14-,29-22?. The van der Waals surface area contributed by atoms with Crippen molar-refractivity contribution in [2.24, 2.45) is 0 Å². The number of benzene rings is 1. The first-order chi connectivity index (χ1) is 17.4. The second kappa shape index (κ2) is 12.1. The van der Waals surface area contributed by atoms with Gasteiger partial charge in [-0.2, -0.15) is 0 Å². The van der Waals surface area contributed by atoms with E-state index in [1.807, 2.05) is 20.8 Å². The second-order valence-electron chi connectivity index (χ2n) is 9.52. The summed E-state index contributed by atoms with van der Waals surface area (Å²) in [6.45, 7) is 8.60. The number of rotatable bonds is 6. The van der Waals surface area contributed by atoms with Gasteiger partial charge >= 0.3 is 6.09 Å². The van der Waals surface area contributed by atoms with Gasteiger partial charge < -0.3 is 19.1 Å². The number of hydrogen-bond donors (Lipinski definition) is 1. The molecule has 2 aliphatic rings. The minimum Gasteiger partial charge on any atom is -0.495 e. The molecule has 202 valence electrons.